The minimum absolute atomic E-state index is 0.144. The number of benzene rings is 1. The van der Waals surface area contributed by atoms with Crippen LogP contribution in [0.5, 0.6) is 0 Å². The van der Waals surface area contributed by atoms with E-state index >= 15 is 0 Å². The zero-order valence-corrected chi connectivity index (χ0v) is 14.4. The highest BCUT2D eigenvalue weighted by Gasteiger charge is 2.42. The first-order valence-electron chi connectivity index (χ1n) is 7.39. The predicted octanol–water partition coefficient (Wildman–Crippen LogP) is 1.28. The third kappa shape index (κ3) is 4.63. The quantitative estimate of drug-likeness (QED) is 0.514. The van der Waals surface area contributed by atoms with Crippen LogP contribution in [0.25, 0.3) is 0 Å². The van der Waals surface area contributed by atoms with Gasteiger partial charge in [0.05, 0.1) is 18.4 Å². The highest BCUT2D eigenvalue weighted by Crippen LogP contribution is 2.23. The third-order valence-corrected chi connectivity index (χ3v) is 4.19. The van der Waals surface area contributed by atoms with E-state index in [1.807, 2.05) is 13.8 Å². The molecule has 0 bridgehead atoms. The van der Waals surface area contributed by atoms with Crippen LogP contribution in [-0.2, 0) is 19.1 Å². The Kier molecular flexibility index (Phi) is 6.04. The molecule has 0 heterocycles. The number of carboxylic acid groups (broad SMARTS) is 2. The molecule has 0 fully saturated rings. The van der Waals surface area contributed by atoms with Crippen molar-refractivity contribution in [3.8, 4) is 0 Å². The van der Waals surface area contributed by atoms with Crippen LogP contribution in [-0.4, -0.2) is 44.8 Å². The Morgan fingerprint density at radius 1 is 0.960 bits per heavy atom. The molecular formula is C17H20O8. The zero-order chi connectivity index (χ0) is 19.5. The summed E-state index contributed by atoms with van der Waals surface area (Å²) >= 11 is 0. The van der Waals surface area contributed by atoms with Crippen LogP contribution in [0, 0.1) is 27.7 Å². The van der Waals surface area contributed by atoms with Crippen LogP contribution >= 0.6 is 0 Å². The minimum atomic E-state index is -2.85. The molecule has 0 aliphatic heterocycles. The van der Waals surface area contributed by atoms with E-state index in [1.54, 1.807) is 19.9 Å². The lowest BCUT2D eigenvalue weighted by atomic mass is 9.94. The molecule has 0 saturated carbocycles. The third-order valence-electron chi connectivity index (χ3n) is 4.19. The number of ether oxygens (including phenoxy) is 1. The van der Waals surface area contributed by atoms with Gasteiger partial charge in [0.1, 0.15) is 0 Å². The summed E-state index contributed by atoms with van der Waals surface area (Å²) in [6.45, 7) is 7.17. The zero-order valence-electron chi connectivity index (χ0n) is 14.4. The fraction of sp³-hybridized carbons (Fsp3) is 0.412. The summed E-state index contributed by atoms with van der Waals surface area (Å²) in [6, 6.07) is 1.55. The molecule has 8 nitrogen and oxygen atoms in total. The molecular weight excluding hydrogens is 332 g/mol. The molecule has 0 amide bonds. The minimum Gasteiger partial charge on any atom is -0.481 e. The molecule has 25 heavy (non-hydrogen) atoms. The smallest absolute Gasteiger partial charge is 0.346 e. The lowest BCUT2D eigenvalue weighted by Crippen LogP contribution is -2.43. The lowest BCUT2D eigenvalue weighted by molar-refractivity contribution is -0.170. The van der Waals surface area contributed by atoms with Crippen LogP contribution < -0.4 is 0 Å². The normalized spacial score (nSPS) is 13.0. The van der Waals surface area contributed by atoms with Gasteiger partial charge in [0.25, 0.3) is 0 Å². The molecule has 3 N–H and O–H groups in total. The van der Waals surface area contributed by atoms with Gasteiger partial charge in [-0.3, -0.25) is 9.59 Å². The van der Waals surface area contributed by atoms with Gasteiger partial charge in [0.15, 0.2) is 5.60 Å². The molecule has 0 spiro atoms. The van der Waals surface area contributed by atoms with E-state index in [2.05, 4.69) is 4.74 Å². The molecule has 1 aromatic rings. The van der Waals surface area contributed by atoms with Gasteiger partial charge in [0.2, 0.25) is 0 Å². The summed E-state index contributed by atoms with van der Waals surface area (Å²) in [5.74, 6) is -5.81. The van der Waals surface area contributed by atoms with Crippen molar-refractivity contribution in [3.63, 3.8) is 0 Å². The highest BCUT2D eigenvalue weighted by atomic mass is 16.6. The monoisotopic (exact) mass is 352 g/mol. The topological polar surface area (TPSA) is 138 Å². The Balaban J connectivity index is 2.99. The van der Waals surface area contributed by atoms with Gasteiger partial charge in [-0.25, -0.2) is 9.59 Å². The molecule has 0 aliphatic rings. The van der Waals surface area contributed by atoms with E-state index < -0.39 is 42.3 Å². The molecule has 1 rings (SSSR count). The number of hydrogen-bond donors (Lipinski definition) is 3. The Hall–Kier alpha value is -2.74. The van der Waals surface area contributed by atoms with Gasteiger partial charge >= 0.3 is 23.9 Å². The second-order valence-corrected chi connectivity index (χ2v) is 5.96. The van der Waals surface area contributed by atoms with E-state index in [1.165, 1.54) is 0 Å². The van der Waals surface area contributed by atoms with Crippen LogP contribution in [0.2, 0.25) is 0 Å². The summed E-state index contributed by atoms with van der Waals surface area (Å²) in [4.78, 5) is 45.7. The van der Waals surface area contributed by atoms with Crippen molar-refractivity contribution in [1.29, 1.82) is 0 Å². The second-order valence-electron chi connectivity index (χ2n) is 5.96. The number of carboxylic acids is 2. The Morgan fingerprint density at radius 3 is 2.00 bits per heavy atom. The van der Waals surface area contributed by atoms with Gasteiger partial charge in [-0.2, -0.15) is 0 Å². The first-order valence-corrected chi connectivity index (χ1v) is 7.39. The van der Waals surface area contributed by atoms with Gasteiger partial charge in [0, 0.05) is 0 Å². The number of rotatable bonds is 6. The SMILES string of the molecule is Cc1cc(C(=O)OC(=O)CC(O)(CC(=O)O)C(=O)O)c(C)c(C)c1C. The average molecular weight is 352 g/mol. The first kappa shape index (κ1) is 20.3. The number of aliphatic carboxylic acids is 2. The molecule has 1 aromatic carbocycles. The fourth-order valence-electron chi connectivity index (χ4n) is 2.32. The van der Waals surface area contributed by atoms with Crippen molar-refractivity contribution in [2.45, 2.75) is 46.1 Å². The van der Waals surface area contributed by atoms with Crippen LogP contribution in [0.15, 0.2) is 6.07 Å². The maximum absolute atomic E-state index is 12.2. The fourth-order valence-corrected chi connectivity index (χ4v) is 2.32. The number of aliphatic hydroxyl groups is 1. The van der Waals surface area contributed by atoms with Gasteiger partial charge < -0.3 is 20.1 Å². The van der Waals surface area contributed by atoms with E-state index in [9.17, 15) is 24.3 Å². The Morgan fingerprint density at radius 2 is 1.52 bits per heavy atom. The van der Waals surface area contributed by atoms with E-state index in [-0.39, 0.29) is 5.56 Å². The summed E-state index contributed by atoms with van der Waals surface area (Å²) in [7, 11) is 0. The molecule has 0 aromatic heterocycles. The first-order chi connectivity index (χ1) is 11.4. The number of carbonyl (C=O) groups is 4. The number of esters is 2. The molecule has 0 saturated heterocycles. The van der Waals surface area contributed by atoms with Gasteiger partial charge in [-0.1, -0.05) is 0 Å². The van der Waals surface area contributed by atoms with E-state index in [0.717, 1.165) is 16.7 Å². The molecule has 0 aliphatic carbocycles. The molecule has 0 radical (unpaired) electrons. The van der Waals surface area contributed by atoms with Crippen LogP contribution in [0.1, 0.15) is 45.5 Å². The van der Waals surface area contributed by atoms with Crippen molar-refractivity contribution in [3.05, 3.63) is 33.9 Å². The Labute approximate surface area is 144 Å². The van der Waals surface area contributed by atoms with E-state index in [4.69, 9.17) is 10.2 Å². The average Bonchev–Trinajstić information content (AvgIpc) is 2.47. The van der Waals surface area contributed by atoms with Gasteiger partial charge in [-0.15, -0.1) is 0 Å². The maximum atomic E-state index is 12.2. The summed E-state index contributed by atoms with van der Waals surface area (Å²) < 4.78 is 4.60. The molecule has 1 atom stereocenters. The predicted molar refractivity (Wildman–Crippen MR) is 85.3 cm³/mol. The number of carbonyl (C=O) groups excluding carboxylic acids is 2. The standard InChI is InChI=1S/C17H20O8/c1-8-5-12(11(4)10(3)9(8)2)15(21)25-14(20)7-17(24,16(22)23)6-13(18)19/h5,24H,6-7H2,1-4H3,(H,18,19)(H,22,23). The van der Waals surface area contributed by atoms with Crippen molar-refractivity contribution in [1.82, 2.24) is 0 Å². The lowest BCUT2D eigenvalue weighted by Gasteiger charge is -2.20. The Bertz CT molecular complexity index is 750. The maximum Gasteiger partial charge on any atom is 0.346 e. The summed E-state index contributed by atoms with van der Waals surface area (Å²) in [5.41, 5.74) is 0.563. The van der Waals surface area contributed by atoms with Crippen LogP contribution in [0.3, 0.4) is 0 Å². The van der Waals surface area contributed by atoms with E-state index in [0.29, 0.717) is 5.56 Å². The highest BCUT2D eigenvalue weighted by molar-refractivity contribution is 5.99. The molecule has 136 valence electrons. The largest absolute Gasteiger partial charge is 0.481 e. The van der Waals surface area contributed by atoms with Crippen LogP contribution in [0.4, 0.5) is 0 Å². The van der Waals surface area contributed by atoms with Crippen molar-refractivity contribution >= 4 is 23.9 Å². The van der Waals surface area contributed by atoms with Crippen molar-refractivity contribution < 1.29 is 39.2 Å². The molecule has 8 heteroatoms. The van der Waals surface area contributed by atoms with Crippen molar-refractivity contribution in [2.24, 2.45) is 0 Å². The number of hydrogen-bond acceptors (Lipinski definition) is 6. The summed E-state index contributed by atoms with van der Waals surface area (Å²) in [6.07, 6.45) is -2.36. The van der Waals surface area contributed by atoms with Crippen molar-refractivity contribution in [2.75, 3.05) is 0 Å². The second kappa shape index (κ2) is 7.43. The molecule has 1 unspecified atom stereocenters. The number of aryl methyl sites for hydroxylation is 1. The summed E-state index contributed by atoms with van der Waals surface area (Å²) in [5, 5.41) is 27.4. The van der Waals surface area contributed by atoms with Gasteiger partial charge in [-0.05, 0) is 56.0 Å².